The molecule has 1 atom stereocenters. The minimum atomic E-state index is -0.0609. The second kappa shape index (κ2) is 10.2. The number of amides is 2. The molecular weight excluding hydrogens is 302 g/mol. The fraction of sp³-hybridized carbons (Fsp3) is 0.632. The average Bonchev–Trinajstić information content (AvgIpc) is 2.61. The minimum Gasteiger partial charge on any atom is -0.497 e. The van der Waals surface area contributed by atoms with Crippen molar-refractivity contribution in [1.82, 2.24) is 15.5 Å². The van der Waals surface area contributed by atoms with Gasteiger partial charge in [-0.05, 0) is 63.4 Å². The number of ether oxygens (including phenoxy) is 1. The van der Waals surface area contributed by atoms with E-state index in [1.807, 2.05) is 19.1 Å². The summed E-state index contributed by atoms with van der Waals surface area (Å²) in [5, 5.41) is 5.98. The number of benzene rings is 1. The molecule has 0 radical (unpaired) electrons. The molecule has 2 N–H and O–H groups in total. The van der Waals surface area contributed by atoms with Gasteiger partial charge < -0.3 is 20.3 Å². The molecule has 5 heteroatoms. The molecule has 5 nitrogen and oxygen atoms in total. The monoisotopic (exact) mass is 333 g/mol. The zero-order chi connectivity index (χ0) is 17.2. The van der Waals surface area contributed by atoms with E-state index in [0.29, 0.717) is 0 Å². The molecule has 1 aromatic rings. The number of nitrogens with zero attached hydrogens (tertiary/aromatic N) is 1. The number of methoxy groups -OCH3 is 1. The van der Waals surface area contributed by atoms with Crippen molar-refractivity contribution in [3.8, 4) is 5.75 Å². The number of carbonyl (C=O) groups excluding carboxylic acids is 1. The summed E-state index contributed by atoms with van der Waals surface area (Å²) in [6.45, 7) is 6.06. The van der Waals surface area contributed by atoms with Crippen molar-refractivity contribution in [3.05, 3.63) is 29.8 Å². The topological polar surface area (TPSA) is 53.6 Å². The SMILES string of the molecule is COc1ccc(CCC(C)NC(=O)NCCN2CCCCC2)cc1. The molecule has 134 valence electrons. The molecule has 1 unspecified atom stereocenters. The van der Waals surface area contributed by atoms with E-state index in [9.17, 15) is 4.79 Å². The Hall–Kier alpha value is -1.75. The van der Waals surface area contributed by atoms with E-state index in [-0.39, 0.29) is 12.1 Å². The van der Waals surface area contributed by atoms with Crippen LogP contribution in [0.5, 0.6) is 5.75 Å². The summed E-state index contributed by atoms with van der Waals surface area (Å²) < 4.78 is 5.16. The van der Waals surface area contributed by atoms with Crippen LogP contribution in [-0.2, 0) is 6.42 Å². The van der Waals surface area contributed by atoms with Crippen molar-refractivity contribution >= 4 is 6.03 Å². The number of hydrogen-bond acceptors (Lipinski definition) is 3. The van der Waals surface area contributed by atoms with Crippen LogP contribution < -0.4 is 15.4 Å². The Labute approximate surface area is 145 Å². The van der Waals surface area contributed by atoms with Crippen LogP contribution in [0.3, 0.4) is 0 Å². The molecule has 0 aromatic heterocycles. The summed E-state index contributed by atoms with van der Waals surface area (Å²) in [5.41, 5.74) is 1.26. The van der Waals surface area contributed by atoms with E-state index >= 15 is 0 Å². The summed E-state index contributed by atoms with van der Waals surface area (Å²) in [6, 6.07) is 8.19. The second-order valence-electron chi connectivity index (χ2n) is 6.59. The quantitative estimate of drug-likeness (QED) is 0.769. The molecule has 1 aliphatic heterocycles. The van der Waals surface area contributed by atoms with Crippen molar-refractivity contribution in [2.75, 3.05) is 33.3 Å². The number of piperidine rings is 1. The molecule has 1 fully saturated rings. The van der Waals surface area contributed by atoms with Gasteiger partial charge >= 0.3 is 6.03 Å². The maximum absolute atomic E-state index is 11.9. The van der Waals surface area contributed by atoms with Gasteiger partial charge in [-0.15, -0.1) is 0 Å². The summed E-state index contributed by atoms with van der Waals surface area (Å²) >= 11 is 0. The van der Waals surface area contributed by atoms with Crippen molar-refractivity contribution in [1.29, 1.82) is 0 Å². The molecule has 0 spiro atoms. The van der Waals surface area contributed by atoms with Crippen LogP contribution in [0, 0.1) is 0 Å². The zero-order valence-electron chi connectivity index (χ0n) is 15.0. The van der Waals surface area contributed by atoms with Crippen LogP contribution in [0.1, 0.15) is 38.2 Å². The largest absolute Gasteiger partial charge is 0.497 e. The van der Waals surface area contributed by atoms with Gasteiger partial charge in [0.1, 0.15) is 5.75 Å². The van der Waals surface area contributed by atoms with Gasteiger partial charge in [0, 0.05) is 19.1 Å². The Kier molecular flexibility index (Phi) is 7.89. The van der Waals surface area contributed by atoms with E-state index in [0.717, 1.165) is 31.7 Å². The molecule has 1 saturated heterocycles. The number of rotatable bonds is 8. The first-order chi connectivity index (χ1) is 11.7. The highest BCUT2D eigenvalue weighted by molar-refractivity contribution is 5.74. The van der Waals surface area contributed by atoms with Gasteiger partial charge in [0.2, 0.25) is 0 Å². The number of nitrogens with one attached hydrogen (secondary N) is 2. The van der Waals surface area contributed by atoms with E-state index < -0.39 is 0 Å². The van der Waals surface area contributed by atoms with Crippen molar-refractivity contribution < 1.29 is 9.53 Å². The first-order valence-electron chi connectivity index (χ1n) is 9.07. The lowest BCUT2D eigenvalue weighted by Gasteiger charge is -2.26. The third-order valence-corrected chi connectivity index (χ3v) is 4.56. The first kappa shape index (κ1) is 18.6. The highest BCUT2D eigenvalue weighted by Gasteiger charge is 2.11. The summed E-state index contributed by atoms with van der Waals surface area (Å²) in [4.78, 5) is 14.4. The summed E-state index contributed by atoms with van der Waals surface area (Å²) in [5.74, 6) is 0.873. The predicted octanol–water partition coefficient (Wildman–Crippen LogP) is 2.80. The van der Waals surface area contributed by atoms with E-state index in [4.69, 9.17) is 4.74 Å². The van der Waals surface area contributed by atoms with Crippen LogP contribution in [0.4, 0.5) is 4.79 Å². The first-order valence-corrected chi connectivity index (χ1v) is 9.07. The molecule has 0 bridgehead atoms. The molecule has 2 amide bonds. The number of likely N-dealkylation sites (tertiary alicyclic amines) is 1. The minimum absolute atomic E-state index is 0.0609. The normalized spacial score (nSPS) is 16.4. The predicted molar refractivity (Wildman–Crippen MR) is 97.6 cm³/mol. The highest BCUT2D eigenvalue weighted by Crippen LogP contribution is 2.13. The van der Waals surface area contributed by atoms with Crippen molar-refractivity contribution in [2.24, 2.45) is 0 Å². The molecule has 1 heterocycles. The van der Waals surface area contributed by atoms with Gasteiger partial charge in [0.05, 0.1) is 7.11 Å². The van der Waals surface area contributed by atoms with Gasteiger partial charge in [0.25, 0.3) is 0 Å². The maximum atomic E-state index is 11.9. The van der Waals surface area contributed by atoms with Gasteiger partial charge in [-0.3, -0.25) is 0 Å². The Morgan fingerprint density at radius 2 is 1.92 bits per heavy atom. The number of aryl methyl sites for hydroxylation is 1. The number of urea groups is 1. The van der Waals surface area contributed by atoms with Crippen LogP contribution in [0.15, 0.2) is 24.3 Å². The van der Waals surface area contributed by atoms with Gasteiger partial charge in [-0.1, -0.05) is 18.6 Å². The van der Waals surface area contributed by atoms with Gasteiger partial charge in [0.15, 0.2) is 0 Å². The zero-order valence-corrected chi connectivity index (χ0v) is 15.0. The summed E-state index contributed by atoms with van der Waals surface area (Å²) in [7, 11) is 1.67. The Balaban J connectivity index is 1.58. The van der Waals surface area contributed by atoms with E-state index in [1.165, 1.54) is 37.9 Å². The number of hydrogen-bond donors (Lipinski definition) is 2. The average molecular weight is 333 g/mol. The molecule has 1 aliphatic rings. The Morgan fingerprint density at radius 1 is 1.21 bits per heavy atom. The smallest absolute Gasteiger partial charge is 0.315 e. The van der Waals surface area contributed by atoms with E-state index in [2.05, 4.69) is 27.7 Å². The Morgan fingerprint density at radius 3 is 2.58 bits per heavy atom. The van der Waals surface area contributed by atoms with Crippen LogP contribution in [0.2, 0.25) is 0 Å². The standard InChI is InChI=1S/C19H31N3O2/c1-16(6-7-17-8-10-18(24-2)11-9-17)21-19(23)20-12-15-22-13-4-3-5-14-22/h8-11,16H,3-7,12-15H2,1-2H3,(H2,20,21,23). The fourth-order valence-electron chi connectivity index (χ4n) is 3.03. The van der Waals surface area contributed by atoms with Crippen molar-refractivity contribution in [3.63, 3.8) is 0 Å². The van der Waals surface area contributed by atoms with Crippen LogP contribution in [0.25, 0.3) is 0 Å². The van der Waals surface area contributed by atoms with Crippen molar-refractivity contribution in [2.45, 2.75) is 45.1 Å². The molecule has 0 saturated carbocycles. The second-order valence-corrected chi connectivity index (χ2v) is 6.59. The van der Waals surface area contributed by atoms with Crippen LogP contribution >= 0.6 is 0 Å². The van der Waals surface area contributed by atoms with Gasteiger partial charge in [-0.25, -0.2) is 4.79 Å². The van der Waals surface area contributed by atoms with Crippen LogP contribution in [-0.4, -0.2) is 50.3 Å². The third kappa shape index (κ3) is 6.79. The lowest BCUT2D eigenvalue weighted by molar-refractivity contribution is 0.219. The fourth-order valence-corrected chi connectivity index (χ4v) is 3.03. The maximum Gasteiger partial charge on any atom is 0.315 e. The molecular formula is C19H31N3O2. The number of carbonyl (C=O) groups is 1. The molecule has 1 aromatic carbocycles. The third-order valence-electron chi connectivity index (χ3n) is 4.56. The Bertz CT molecular complexity index is 484. The molecule has 24 heavy (non-hydrogen) atoms. The highest BCUT2D eigenvalue weighted by atomic mass is 16.5. The lowest BCUT2D eigenvalue weighted by Crippen LogP contribution is -2.44. The lowest BCUT2D eigenvalue weighted by atomic mass is 10.1. The molecule has 0 aliphatic carbocycles. The summed E-state index contributed by atoms with van der Waals surface area (Å²) in [6.07, 6.45) is 5.78. The van der Waals surface area contributed by atoms with Gasteiger partial charge in [-0.2, -0.15) is 0 Å². The van der Waals surface area contributed by atoms with E-state index in [1.54, 1.807) is 7.11 Å². The molecule has 2 rings (SSSR count).